The number of benzene rings is 1. The Balaban J connectivity index is 2.05. The summed E-state index contributed by atoms with van der Waals surface area (Å²) in [6.45, 7) is 3.74. The van der Waals surface area contributed by atoms with Gasteiger partial charge >= 0.3 is 0 Å². The maximum atomic E-state index is 12.6. The highest BCUT2D eigenvalue weighted by atomic mass is 19.1. The van der Waals surface area contributed by atoms with E-state index in [1.54, 1.807) is 12.1 Å². The SMILES string of the molecule is CC1(C)C(=O)CC1Oc1ccc(F)cc1. The fourth-order valence-corrected chi connectivity index (χ4v) is 1.60. The van der Waals surface area contributed by atoms with Crippen molar-refractivity contribution in [2.45, 2.75) is 26.4 Å². The van der Waals surface area contributed by atoms with E-state index in [2.05, 4.69) is 0 Å². The highest BCUT2D eigenvalue weighted by Gasteiger charge is 2.49. The van der Waals surface area contributed by atoms with Gasteiger partial charge < -0.3 is 4.74 Å². The summed E-state index contributed by atoms with van der Waals surface area (Å²) in [5.74, 6) is 0.544. The van der Waals surface area contributed by atoms with Crippen LogP contribution in [0.2, 0.25) is 0 Å². The van der Waals surface area contributed by atoms with Crippen molar-refractivity contribution in [3.05, 3.63) is 30.1 Å². The van der Waals surface area contributed by atoms with Gasteiger partial charge in [0.2, 0.25) is 0 Å². The molecule has 0 aromatic heterocycles. The lowest BCUT2D eigenvalue weighted by molar-refractivity contribution is -0.148. The first-order chi connectivity index (χ1) is 7.00. The Morgan fingerprint density at radius 1 is 1.33 bits per heavy atom. The summed E-state index contributed by atoms with van der Waals surface area (Å²) in [7, 11) is 0. The first-order valence-electron chi connectivity index (χ1n) is 4.95. The summed E-state index contributed by atoms with van der Waals surface area (Å²) >= 11 is 0. The van der Waals surface area contributed by atoms with Gasteiger partial charge in [-0.1, -0.05) is 0 Å². The molecule has 0 saturated heterocycles. The van der Waals surface area contributed by atoms with Crippen molar-refractivity contribution < 1.29 is 13.9 Å². The highest BCUT2D eigenvalue weighted by molar-refractivity contribution is 5.91. The predicted molar refractivity (Wildman–Crippen MR) is 54.2 cm³/mol. The fraction of sp³-hybridized carbons (Fsp3) is 0.417. The Kier molecular flexibility index (Phi) is 2.25. The summed E-state index contributed by atoms with van der Waals surface area (Å²) in [6, 6.07) is 5.86. The van der Waals surface area contributed by atoms with Crippen LogP contribution in [0.3, 0.4) is 0 Å². The first kappa shape index (κ1) is 10.1. The number of hydrogen-bond acceptors (Lipinski definition) is 2. The molecule has 1 saturated carbocycles. The van der Waals surface area contributed by atoms with Crippen LogP contribution < -0.4 is 4.74 Å². The van der Waals surface area contributed by atoms with Crippen LogP contribution in [0.1, 0.15) is 20.3 Å². The standard InChI is InChI=1S/C12H13FO2/c1-12(2)10(14)7-11(12)15-9-5-3-8(13)4-6-9/h3-6,11H,7H2,1-2H3. The first-order valence-corrected chi connectivity index (χ1v) is 4.95. The molecule has 0 N–H and O–H groups in total. The lowest BCUT2D eigenvalue weighted by Gasteiger charge is -2.41. The van der Waals surface area contributed by atoms with E-state index in [1.807, 2.05) is 13.8 Å². The zero-order valence-electron chi connectivity index (χ0n) is 8.79. The van der Waals surface area contributed by atoms with Crippen molar-refractivity contribution in [2.75, 3.05) is 0 Å². The van der Waals surface area contributed by atoms with Gasteiger partial charge in [0, 0.05) is 6.42 Å². The van der Waals surface area contributed by atoms with Gasteiger partial charge in [0.15, 0.2) is 0 Å². The summed E-state index contributed by atoms with van der Waals surface area (Å²) in [5.41, 5.74) is -0.408. The molecule has 80 valence electrons. The van der Waals surface area contributed by atoms with Crippen molar-refractivity contribution >= 4 is 5.78 Å². The predicted octanol–water partition coefficient (Wildman–Crippen LogP) is 2.57. The third-order valence-corrected chi connectivity index (χ3v) is 2.99. The van der Waals surface area contributed by atoms with Crippen molar-refractivity contribution in [1.82, 2.24) is 0 Å². The summed E-state index contributed by atoms with van der Waals surface area (Å²) in [6.07, 6.45) is 0.361. The van der Waals surface area contributed by atoms with Crippen LogP contribution >= 0.6 is 0 Å². The van der Waals surface area contributed by atoms with E-state index in [1.165, 1.54) is 12.1 Å². The summed E-state index contributed by atoms with van der Waals surface area (Å²) in [5, 5.41) is 0. The third kappa shape index (κ3) is 1.74. The van der Waals surface area contributed by atoms with Gasteiger partial charge in [0.05, 0.1) is 5.41 Å². The van der Waals surface area contributed by atoms with Gasteiger partial charge in [-0.2, -0.15) is 0 Å². The topological polar surface area (TPSA) is 26.3 Å². The fourth-order valence-electron chi connectivity index (χ4n) is 1.60. The Morgan fingerprint density at radius 2 is 1.93 bits per heavy atom. The van der Waals surface area contributed by atoms with Crippen LogP contribution in [-0.2, 0) is 4.79 Å². The number of hydrogen-bond donors (Lipinski definition) is 0. The molecule has 0 bridgehead atoms. The monoisotopic (exact) mass is 208 g/mol. The average Bonchev–Trinajstić information content (AvgIpc) is 2.21. The minimum Gasteiger partial charge on any atom is -0.489 e. The van der Waals surface area contributed by atoms with Crippen molar-refractivity contribution in [3.63, 3.8) is 0 Å². The Labute approximate surface area is 88.1 Å². The maximum absolute atomic E-state index is 12.6. The molecule has 2 rings (SSSR count). The van der Waals surface area contributed by atoms with Gasteiger partial charge in [-0.25, -0.2) is 4.39 Å². The van der Waals surface area contributed by atoms with E-state index >= 15 is 0 Å². The van der Waals surface area contributed by atoms with E-state index in [0.717, 1.165) is 0 Å². The maximum Gasteiger partial charge on any atom is 0.145 e. The number of rotatable bonds is 2. The smallest absolute Gasteiger partial charge is 0.145 e. The van der Waals surface area contributed by atoms with E-state index < -0.39 is 5.41 Å². The molecule has 0 heterocycles. The number of carbonyl (C=O) groups is 1. The number of Topliss-reactive ketones (excluding diaryl/α,β-unsaturated/α-hetero) is 1. The van der Waals surface area contributed by atoms with Crippen LogP contribution in [-0.4, -0.2) is 11.9 Å². The Hall–Kier alpha value is -1.38. The molecule has 1 unspecified atom stereocenters. The average molecular weight is 208 g/mol. The molecule has 3 heteroatoms. The quantitative estimate of drug-likeness (QED) is 0.746. The van der Waals surface area contributed by atoms with Gasteiger partial charge in [-0.05, 0) is 38.1 Å². The van der Waals surface area contributed by atoms with Gasteiger partial charge in [0.1, 0.15) is 23.5 Å². The number of halogens is 1. The van der Waals surface area contributed by atoms with Crippen LogP contribution in [0.25, 0.3) is 0 Å². The van der Waals surface area contributed by atoms with E-state index in [0.29, 0.717) is 12.2 Å². The molecule has 0 radical (unpaired) electrons. The van der Waals surface area contributed by atoms with E-state index in [4.69, 9.17) is 4.74 Å². The zero-order chi connectivity index (χ0) is 11.1. The normalized spacial score (nSPS) is 23.4. The Morgan fingerprint density at radius 3 is 2.40 bits per heavy atom. The Bertz CT molecular complexity index is 381. The minimum atomic E-state index is -0.408. The zero-order valence-corrected chi connectivity index (χ0v) is 8.79. The second-order valence-corrected chi connectivity index (χ2v) is 4.41. The molecule has 15 heavy (non-hydrogen) atoms. The number of carbonyl (C=O) groups excluding carboxylic acids is 1. The molecule has 1 aromatic rings. The molecular formula is C12H13FO2. The van der Waals surface area contributed by atoms with Crippen molar-refractivity contribution in [1.29, 1.82) is 0 Å². The molecule has 1 aliphatic carbocycles. The molecule has 1 aromatic carbocycles. The number of ether oxygens (including phenoxy) is 1. The third-order valence-electron chi connectivity index (χ3n) is 2.99. The van der Waals surface area contributed by atoms with Crippen molar-refractivity contribution in [2.24, 2.45) is 5.41 Å². The van der Waals surface area contributed by atoms with Crippen LogP contribution in [0.5, 0.6) is 5.75 Å². The van der Waals surface area contributed by atoms with Gasteiger partial charge in [-0.15, -0.1) is 0 Å². The van der Waals surface area contributed by atoms with Gasteiger partial charge in [-0.3, -0.25) is 4.79 Å². The lowest BCUT2D eigenvalue weighted by atomic mass is 9.68. The summed E-state index contributed by atoms with van der Waals surface area (Å²) in [4.78, 5) is 11.3. The molecule has 0 aliphatic heterocycles. The second-order valence-electron chi connectivity index (χ2n) is 4.41. The van der Waals surface area contributed by atoms with Gasteiger partial charge in [0.25, 0.3) is 0 Å². The van der Waals surface area contributed by atoms with E-state index in [9.17, 15) is 9.18 Å². The second kappa shape index (κ2) is 3.33. The lowest BCUT2D eigenvalue weighted by Crippen LogP contribution is -2.52. The van der Waals surface area contributed by atoms with Crippen LogP contribution in [0.4, 0.5) is 4.39 Å². The molecule has 1 aliphatic rings. The van der Waals surface area contributed by atoms with E-state index in [-0.39, 0.29) is 17.7 Å². The molecule has 0 spiro atoms. The largest absolute Gasteiger partial charge is 0.489 e. The number of ketones is 1. The van der Waals surface area contributed by atoms with Crippen LogP contribution in [0, 0.1) is 11.2 Å². The molecular weight excluding hydrogens is 195 g/mol. The highest BCUT2D eigenvalue weighted by Crippen LogP contribution is 2.39. The molecule has 1 fully saturated rings. The van der Waals surface area contributed by atoms with Crippen molar-refractivity contribution in [3.8, 4) is 5.75 Å². The molecule has 2 nitrogen and oxygen atoms in total. The molecule has 0 amide bonds. The summed E-state index contributed by atoms with van der Waals surface area (Å²) < 4.78 is 18.2. The molecule has 1 atom stereocenters. The minimum absolute atomic E-state index is 0.0875. The van der Waals surface area contributed by atoms with Crippen LogP contribution in [0.15, 0.2) is 24.3 Å².